The molecule has 1 unspecified atom stereocenters. The highest BCUT2D eigenvalue weighted by Gasteiger charge is 2.11. The van der Waals surface area contributed by atoms with Crippen LogP contribution in [0.2, 0.25) is 0 Å². The van der Waals surface area contributed by atoms with Crippen molar-refractivity contribution in [1.29, 1.82) is 0 Å². The average Bonchev–Trinajstić information content (AvgIpc) is 1.82. The fourth-order valence-electron chi connectivity index (χ4n) is 0.437. The van der Waals surface area contributed by atoms with E-state index in [9.17, 15) is 9.36 Å². The minimum atomic E-state index is -0.496. The lowest BCUT2D eigenvalue weighted by Crippen LogP contribution is -2.21. The van der Waals surface area contributed by atoms with E-state index < -0.39 is 6.10 Å². The Bertz CT molecular complexity index is 113. The van der Waals surface area contributed by atoms with Gasteiger partial charge in [-0.3, -0.25) is 9.36 Å². The Morgan fingerprint density at radius 1 is 1.78 bits per heavy atom. The van der Waals surface area contributed by atoms with Crippen molar-refractivity contribution in [2.75, 3.05) is 13.3 Å². The fourth-order valence-corrected chi connectivity index (χ4v) is 0.978. The van der Waals surface area contributed by atoms with Gasteiger partial charge in [0.15, 0.2) is 14.2 Å². The second kappa shape index (κ2) is 4.59. The normalized spacial score (nSPS) is 13.6. The summed E-state index contributed by atoms with van der Waals surface area (Å²) in [5.74, 6) is -0.0825. The monoisotopic (exact) mass is 148 g/mol. The summed E-state index contributed by atoms with van der Waals surface area (Å²) in [5.41, 5.74) is 0. The number of methoxy groups -OCH3 is 1. The van der Waals surface area contributed by atoms with Crippen LogP contribution in [0.1, 0.15) is 6.92 Å². The predicted molar refractivity (Wildman–Crippen MR) is 34.0 cm³/mol. The van der Waals surface area contributed by atoms with Gasteiger partial charge in [-0.25, -0.2) is 0 Å². The van der Waals surface area contributed by atoms with Crippen molar-refractivity contribution in [3.05, 3.63) is 0 Å². The molecule has 0 saturated carbocycles. The van der Waals surface area contributed by atoms with Crippen LogP contribution in [0.15, 0.2) is 0 Å². The minimum Gasteiger partial charge on any atom is -0.373 e. The van der Waals surface area contributed by atoms with Crippen molar-refractivity contribution in [1.82, 2.24) is 0 Å². The van der Waals surface area contributed by atoms with Gasteiger partial charge in [-0.1, -0.05) is 0 Å². The summed E-state index contributed by atoms with van der Waals surface area (Å²) in [7, 11) is 1.38. The van der Waals surface area contributed by atoms with Crippen LogP contribution in [0, 0.1) is 0 Å². The molecule has 0 aliphatic carbocycles. The van der Waals surface area contributed by atoms with Crippen molar-refractivity contribution in [3.8, 4) is 0 Å². The van der Waals surface area contributed by atoms with Crippen LogP contribution in [-0.4, -0.2) is 25.2 Å². The lowest BCUT2D eigenvalue weighted by atomic mass is 10.3. The summed E-state index contributed by atoms with van der Waals surface area (Å²) in [4.78, 5) is 10.5. The minimum absolute atomic E-state index is 0.0457. The summed E-state index contributed by atoms with van der Waals surface area (Å²) < 4.78 is 14.6. The molecule has 0 spiro atoms. The molecule has 0 aliphatic rings. The van der Waals surface area contributed by atoms with E-state index in [1.807, 2.05) is 0 Å². The number of carbonyl (C=O) groups excluding carboxylic acids is 1. The van der Waals surface area contributed by atoms with Gasteiger partial charge in [0.1, 0.15) is 6.10 Å². The second-order valence-corrected chi connectivity index (χ2v) is 2.27. The van der Waals surface area contributed by atoms with Gasteiger partial charge >= 0.3 is 0 Å². The molecule has 1 atom stereocenters. The maximum atomic E-state index is 10.5. The summed E-state index contributed by atoms with van der Waals surface area (Å²) in [5, 5.41) is 0. The molecule has 3 nitrogen and oxygen atoms in total. The first-order valence-electron chi connectivity index (χ1n) is 2.54. The highest BCUT2D eigenvalue weighted by molar-refractivity contribution is 7.23. The maximum Gasteiger partial charge on any atom is 0.159 e. The molecule has 0 fully saturated rings. The van der Waals surface area contributed by atoms with Gasteiger partial charge in [-0.2, -0.15) is 0 Å². The molecule has 0 radical (unpaired) electrons. The van der Waals surface area contributed by atoms with Crippen molar-refractivity contribution in [3.63, 3.8) is 0 Å². The third kappa shape index (κ3) is 3.33. The van der Waals surface area contributed by atoms with Gasteiger partial charge in [-0.05, 0) is 6.92 Å². The molecule has 0 aromatic rings. The molecule has 52 valence electrons. The van der Waals surface area contributed by atoms with E-state index in [0.29, 0.717) is 0 Å². The first-order chi connectivity index (χ1) is 4.22. The van der Waals surface area contributed by atoms with Crippen molar-refractivity contribution >= 4 is 14.2 Å². The largest absolute Gasteiger partial charge is 0.373 e. The first kappa shape index (κ1) is 8.73. The highest BCUT2D eigenvalue weighted by atomic mass is 31.1. The Hall–Kier alpha value is -0.270. The highest BCUT2D eigenvalue weighted by Crippen LogP contribution is 2.00. The molecule has 0 N–H and O–H groups in total. The molecule has 4 heteroatoms. The molecule has 0 rings (SSSR count). The Kier molecular flexibility index (Phi) is 4.46. The van der Waals surface area contributed by atoms with E-state index in [0.717, 1.165) is 0 Å². The zero-order valence-electron chi connectivity index (χ0n) is 5.46. The molecule has 0 amide bonds. The van der Waals surface area contributed by atoms with E-state index in [4.69, 9.17) is 4.74 Å². The van der Waals surface area contributed by atoms with Gasteiger partial charge in [-0.15, -0.1) is 0 Å². The van der Waals surface area contributed by atoms with Gasteiger partial charge in [0.05, 0.1) is 6.16 Å². The molecule has 0 aliphatic heterocycles. The molecule has 0 saturated heterocycles. The summed E-state index contributed by atoms with van der Waals surface area (Å²) in [6.07, 6.45) is -0.240. The number of Topliss-reactive ketones (excluding diaryl/α,β-unsaturated/α-hetero) is 1. The summed E-state index contributed by atoms with van der Waals surface area (Å²) in [6, 6.07) is 0. The van der Waals surface area contributed by atoms with Crippen LogP contribution in [0.25, 0.3) is 0 Å². The molecule has 9 heavy (non-hydrogen) atoms. The van der Waals surface area contributed by atoms with Gasteiger partial charge in [0, 0.05) is 7.11 Å². The lowest BCUT2D eigenvalue weighted by molar-refractivity contribution is -0.125. The molecule has 0 heterocycles. The first-order valence-corrected chi connectivity index (χ1v) is 3.54. The van der Waals surface area contributed by atoms with E-state index in [1.54, 1.807) is 0 Å². The van der Waals surface area contributed by atoms with Gasteiger partial charge < -0.3 is 4.74 Å². The Morgan fingerprint density at radius 2 is 2.33 bits per heavy atom. The number of hydrogen-bond donors (Lipinski definition) is 0. The number of ketones is 1. The van der Waals surface area contributed by atoms with E-state index in [-0.39, 0.29) is 20.4 Å². The quantitative estimate of drug-likeness (QED) is 0.556. The van der Waals surface area contributed by atoms with E-state index >= 15 is 0 Å². The van der Waals surface area contributed by atoms with Crippen LogP contribution in [-0.2, 0) is 14.1 Å². The van der Waals surface area contributed by atoms with Crippen LogP contribution in [0.3, 0.4) is 0 Å². The standard InChI is InChI=1S/C5H9O3P/c1-4(6)5(8-2)3-9-7/h5H,3H2,1-2H3. The van der Waals surface area contributed by atoms with E-state index in [1.165, 1.54) is 14.0 Å². The van der Waals surface area contributed by atoms with Crippen molar-refractivity contribution < 1.29 is 14.1 Å². The number of carbonyl (C=O) groups is 1. The molecular formula is C5H9O3P. The third-order valence-electron chi connectivity index (χ3n) is 0.978. The summed E-state index contributed by atoms with van der Waals surface area (Å²) in [6.45, 7) is 1.42. The third-order valence-corrected chi connectivity index (χ3v) is 1.46. The SMILES string of the molecule is COC(CP=O)C(C)=O. The zero-order valence-corrected chi connectivity index (χ0v) is 6.35. The van der Waals surface area contributed by atoms with Crippen molar-refractivity contribution in [2.45, 2.75) is 13.0 Å². The number of ether oxygens (including phenoxy) is 1. The smallest absolute Gasteiger partial charge is 0.159 e. The van der Waals surface area contributed by atoms with Crippen LogP contribution >= 0.6 is 8.46 Å². The predicted octanol–water partition coefficient (Wildman–Crippen LogP) is 0.882. The Morgan fingerprint density at radius 3 is 2.44 bits per heavy atom. The number of rotatable bonds is 4. The van der Waals surface area contributed by atoms with E-state index in [2.05, 4.69) is 0 Å². The molecule has 0 bridgehead atoms. The zero-order chi connectivity index (χ0) is 7.28. The number of hydrogen-bond acceptors (Lipinski definition) is 3. The van der Waals surface area contributed by atoms with Crippen LogP contribution < -0.4 is 0 Å². The second-order valence-electron chi connectivity index (χ2n) is 1.65. The van der Waals surface area contributed by atoms with Gasteiger partial charge in [0.25, 0.3) is 0 Å². The summed E-state index contributed by atoms with van der Waals surface area (Å²) >= 11 is 0. The Balaban J connectivity index is 3.67. The lowest BCUT2D eigenvalue weighted by Gasteiger charge is -2.04. The van der Waals surface area contributed by atoms with Crippen LogP contribution in [0.5, 0.6) is 0 Å². The van der Waals surface area contributed by atoms with Gasteiger partial charge in [0.2, 0.25) is 0 Å². The average molecular weight is 148 g/mol. The fraction of sp³-hybridized carbons (Fsp3) is 0.800. The van der Waals surface area contributed by atoms with Crippen molar-refractivity contribution in [2.24, 2.45) is 0 Å². The molecular weight excluding hydrogens is 139 g/mol. The molecule has 0 aromatic heterocycles. The molecule has 0 aromatic carbocycles. The Labute approximate surface area is 55.6 Å². The van der Waals surface area contributed by atoms with Crippen LogP contribution in [0.4, 0.5) is 0 Å². The maximum absolute atomic E-state index is 10.5. The topological polar surface area (TPSA) is 43.4 Å².